The van der Waals surface area contributed by atoms with Gasteiger partial charge in [-0.05, 0) is 63.7 Å². The van der Waals surface area contributed by atoms with Crippen LogP contribution in [0.1, 0.15) is 46.5 Å². The Labute approximate surface area is 110 Å². The molecule has 0 aliphatic heterocycles. The lowest BCUT2D eigenvalue weighted by molar-refractivity contribution is -0.121. The van der Waals surface area contributed by atoms with Gasteiger partial charge in [-0.25, -0.2) is 0 Å². The fraction of sp³-hybridized carbons (Fsp3) is 0.933. The summed E-state index contributed by atoms with van der Waals surface area (Å²) in [5, 5.41) is 6.63. The number of carbonyl (C=O) groups excluding carboxylic acids is 1. The molecule has 0 radical (unpaired) electrons. The zero-order valence-electron chi connectivity index (χ0n) is 11.8. The van der Waals surface area contributed by atoms with Crippen molar-refractivity contribution in [3.8, 4) is 0 Å². The summed E-state index contributed by atoms with van der Waals surface area (Å²) in [7, 11) is 0. The molecule has 3 fully saturated rings. The van der Waals surface area contributed by atoms with E-state index < -0.39 is 0 Å². The Kier molecular flexibility index (Phi) is 2.92. The lowest BCUT2D eigenvalue weighted by atomic mass is 10.0. The second-order valence-electron chi connectivity index (χ2n) is 7.51. The van der Waals surface area contributed by atoms with E-state index in [1.165, 1.54) is 19.3 Å². The largest absolute Gasteiger partial charge is 0.353 e. The van der Waals surface area contributed by atoms with Crippen LogP contribution in [0.15, 0.2) is 0 Å². The van der Waals surface area contributed by atoms with Crippen LogP contribution in [0.5, 0.6) is 0 Å². The van der Waals surface area contributed by atoms with Gasteiger partial charge in [0.25, 0.3) is 0 Å². The van der Waals surface area contributed by atoms with E-state index in [0.717, 1.165) is 30.2 Å². The quantitative estimate of drug-likeness (QED) is 0.800. The zero-order valence-corrected chi connectivity index (χ0v) is 11.8. The standard InChI is InChI=1S/C15H26N2O/c1-15(2,3)16-7-6-11(18)17-14-12-9-4-5-10(8-9)13(12)14/h9-10,12-14,16H,4-8H2,1-3H3,(H,17,18). The van der Waals surface area contributed by atoms with Crippen LogP contribution in [0.4, 0.5) is 0 Å². The molecule has 4 atom stereocenters. The molecule has 0 saturated heterocycles. The molecule has 3 rings (SSSR count). The maximum atomic E-state index is 11.9. The van der Waals surface area contributed by atoms with Crippen molar-refractivity contribution in [2.75, 3.05) is 6.54 Å². The Balaban J connectivity index is 1.39. The summed E-state index contributed by atoms with van der Waals surface area (Å²) in [6.45, 7) is 7.18. The molecule has 0 aromatic rings. The number of amides is 1. The van der Waals surface area contributed by atoms with Gasteiger partial charge in [-0.3, -0.25) is 4.79 Å². The molecule has 3 aliphatic rings. The molecule has 3 saturated carbocycles. The molecule has 0 spiro atoms. The van der Waals surface area contributed by atoms with Gasteiger partial charge >= 0.3 is 0 Å². The van der Waals surface area contributed by atoms with E-state index in [9.17, 15) is 4.79 Å². The summed E-state index contributed by atoms with van der Waals surface area (Å²) in [5.74, 6) is 3.83. The third-order valence-corrected chi connectivity index (χ3v) is 5.07. The topological polar surface area (TPSA) is 41.1 Å². The number of nitrogens with one attached hydrogen (secondary N) is 2. The Hall–Kier alpha value is -0.570. The highest BCUT2D eigenvalue weighted by Crippen LogP contribution is 2.65. The molecule has 3 heteroatoms. The van der Waals surface area contributed by atoms with Gasteiger partial charge in [0.1, 0.15) is 0 Å². The van der Waals surface area contributed by atoms with Crippen molar-refractivity contribution in [2.24, 2.45) is 23.7 Å². The van der Waals surface area contributed by atoms with E-state index in [0.29, 0.717) is 12.5 Å². The van der Waals surface area contributed by atoms with Crippen LogP contribution in [-0.2, 0) is 4.79 Å². The predicted molar refractivity (Wildman–Crippen MR) is 72.1 cm³/mol. The van der Waals surface area contributed by atoms with Crippen molar-refractivity contribution in [1.29, 1.82) is 0 Å². The Morgan fingerprint density at radius 3 is 2.33 bits per heavy atom. The summed E-state index contributed by atoms with van der Waals surface area (Å²) in [6, 6.07) is 0.540. The van der Waals surface area contributed by atoms with Gasteiger partial charge in [-0.1, -0.05) is 0 Å². The third-order valence-electron chi connectivity index (χ3n) is 5.07. The smallest absolute Gasteiger partial charge is 0.221 e. The molecule has 102 valence electrons. The minimum absolute atomic E-state index is 0.107. The maximum Gasteiger partial charge on any atom is 0.221 e. The summed E-state index contributed by atoms with van der Waals surface area (Å²) < 4.78 is 0. The Morgan fingerprint density at radius 2 is 1.78 bits per heavy atom. The van der Waals surface area contributed by atoms with Gasteiger partial charge in [-0.2, -0.15) is 0 Å². The SMILES string of the molecule is CC(C)(C)NCCC(=O)NC1C2C3CCC(C3)C12. The van der Waals surface area contributed by atoms with E-state index in [-0.39, 0.29) is 11.4 Å². The molecule has 2 bridgehead atoms. The zero-order chi connectivity index (χ0) is 12.9. The fourth-order valence-corrected chi connectivity index (χ4v) is 4.33. The minimum atomic E-state index is 0.107. The van der Waals surface area contributed by atoms with Crippen molar-refractivity contribution >= 4 is 5.91 Å². The summed E-state index contributed by atoms with van der Waals surface area (Å²) in [4.78, 5) is 11.9. The maximum absolute atomic E-state index is 11.9. The molecule has 18 heavy (non-hydrogen) atoms. The van der Waals surface area contributed by atoms with Gasteiger partial charge in [0.2, 0.25) is 5.91 Å². The van der Waals surface area contributed by atoms with Gasteiger partial charge in [0.05, 0.1) is 0 Å². The lowest BCUT2D eigenvalue weighted by Crippen LogP contribution is -2.39. The number of fused-ring (bicyclic) bond motifs is 5. The first-order valence-corrected chi connectivity index (χ1v) is 7.50. The van der Waals surface area contributed by atoms with Crippen molar-refractivity contribution in [3.63, 3.8) is 0 Å². The van der Waals surface area contributed by atoms with Gasteiger partial charge in [0, 0.05) is 24.5 Å². The first kappa shape index (κ1) is 12.5. The highest BCUT2D eigenvalue weighted by Gasteiger charge is 2.65. The highest BCUT2D eigenvalue weighted by molar-refractivity contribution is 5.77. The molecule has 0 aromatic heterocycles. The van der Waals surface area contributed by atoms with Crippen LogP contribution in [-0.4, -0.2) is 24.0 Å². The fourth-order valence-electron chi connectivity index (χ4n) is 4.33. The van der Waals surface area contributed by atoms with E-state index in [2.05, 4.69) is 31.4 Å². The molecule has 0 aromatic carbocycles. The molecule has 3 aliphatic carbocycles. The predicted octanol–water partition coefficient (Wildman–Crippen LogP) is 1.93. The van der Waals surface area contributed by atoms with E-state index in [1.54, 1.807) is 0 Å². The number of hydrogen-bond donors (Lipinski definition) is 2. The van der Waals surface area contributed by atoms with Crippen LogP contribution >= 0.6 is 0 Å². The van der Waals surface area contributed by atoms with Gasteiger partial charge < -0.3 is 10.6 Å². The van der Waals surface area contributed by atoms with Crippen LogP contribution < -0.4 is 10.6 Å². The first-order chi connectivity index (χ1) is 8.46. The second kappa shape index (κ2) is 4.22. The van der Waals surface area contributed by atoms with E-state index in [4.69, 9.17) is 0 Å². The molecule has 4 unspecified atom stereocenters. The van der Waals surface area contributed by atoms with Gasteiger partial charge in [-0.15, -0.1) is 0 Å². The number of rotatable bonds is 4. The molecular formula is C15H26N2O. The van der Waals surface area contributed by atoms with Gasteiger partial charge in [0.15, 0.2) is 0 Å². The molecule has 1 amide bonds. The van der Waals surface area contributed by atoms with Crippen LogP contribution in [0.2, 0.25) is 0 Å². The van der Waals surface area contributed by atoms with Crippen LogP contribution in [0.3, 0.4) is 0 Å². The first-order valence-electron chi connectivity index (χ1n) is 7.50. The second-order valence-corrected chi connectivity index (χ2v) is 7.51. The van der Waals surface area contributed by atoms with Crippen molar-refractivity contribution in [3.05, 3.63) is 0 Å². The minimum Gasteiger partial charge on any atom is -0.353 e. The molecule has 0 heterocycles. The van der Waals surface area contributed by atoms with Crippen LogP contribution in [0.25, 0.3) is 0 Å². The van der Waals surface area contributed by atoms with Crippen molar-refractivity contribution in [2.45, 2.75) is 58.0 Å². The Morgan fingerprint density at radius 1 is 1.17 bits per heavy atom. The van der Waals surface area contributed by atoms with Crippen molar-refractivity contribution < 1.29 is 4.79 Å². The third kappa shape index (κ3) is 2.29. The van der Waals surface area contributed by atoms with E-state index >= 15 is 0 Å². The molecular weight excluding hydrogens is 224 g/mol. The van der Waals surface area contributed by atoms with Crippen molar-refractivity contribution in [1.82, 2.24) is 10.6 Å². The summed E-state index contributed by atoms with van der Waals surface area (Å²) >= 11 is 0. The number of hydrogen-bond acceptors (Lipinski definition) is 2. The van der Waals surface area contributed by atoms with E-state index in [1.807, 2.05) is 0 Å². The molecule has 3 nitrogen and oxygen atoms in total. The number of carbonyl (C=O) groups is 1. The monoisotopic (exact) mass is 250 g/mol. The molecule has 2 N–H and O–H groups in total. The summed E-state index contributed by atoms with van der Waals surface area (Å²) in [5.41, 5.74) is 0.107. The highest BCUT2D eigenvalue weighted by atomic mass is 16.1. The average Bonchev–Trinajstić information content (AvgIpc) is 2.69. The Bertz CT molecular complexity index is 331. The van der Waals surface area contributed by atoms with Crippen LogP contribution in [0, 0.1) is 23.7 Å². The summed E-state index contributed by atoms with van der Waals surface area (Å²) in [6.07, 6.45) is 4.91. The normalized spacial score (nSPS) is 40.7. The average molecular weight is 250 g/mol. The lowest BCUT2D eigenvalue weighted by Gasteiger charge is -2.20.